The minimum atomic E-state index is -0.997. The van der Waals surface area contributed by atoms with Gasteiger partial charge in [0.25, 0.3) is 0 Å². The van der Waals surface area contributed by atoms with Crippen molar-refractivity contribution < 1.29 is 9.90 Å². The van der Waals surface area contributed by atoms with Crippen LogP contribution in [0.4, 0.5) is 5.69 Å². The molecule has 1 atom stereocenters. The van der Waals surface area contributed by atoms with Crippen LogP contribution in [0.25, 0.3) is 0 Å². The van der Waals surface area contributed by atoms with Gasteiger partial charge in [-0.15, -0.1) is 0 Å². The van der Waals surface area contributed by atoms with Gasteiger partial charge in [0.05, 0.1) is 0 Å². The minimum Gasteiger partial charge on any atom is -0.477 e. The molecule has 94 valence electrons. The maximum Gasteiger partial charge on any atom is 0.354 e. The molecule has 0 saturated carbocycles. The molecule has 0 saturated heterocycles. The van der Waals surface area contributed by atoms with Crippen LogP contribution in [0, 0.1) is 5.41 Å². The predicted molar refractivity (Wildman–Crippen MR) is 68.5 cm³/mol. The second-order valence-corrected chi connectivity index (χ2v) is 5.36. The van der Waals surface area contributed by atoms with E-state index in [1.807, 2.05) is 13.1 Å². The maximum atomic E-state index is 10.9. The predicted octanol–water partition coefficient (Wildman–Crippen LogP) is 2.65. The van der Waals surface area contributed by atoms with Crippen molar-refractivity contribution >= 4 is 11.7 Å². The third-order valence-corrected chi connectivity index (χ3v) is 3.20. The van der Waals surface area contributed by atoms with Gasteiger partial charge >= 0.3 is 5.97 Å². The molecule has 1 aromatic rings. The fourth-order valence-corrected chi connectivity index (χ4v) is 1.56. The van der Waals surface area contributed by atoms with E-state index in [0.29, 0.717) is 6.04 Å². The van der Waals surface area contributed by atoms with Gasteiger partial charge in [-0.05, 0) is 24.5 Å². The third kappa shape index (κ3) is 3.19. The number of rotatable bonds is 3. The van der Waals surface area contributed by atoms with Crippen LogP contribution in [0.5, 0.6) is 0 Å². The molecule has 0 amide bonds. The molecule has 4 heteroatoms. The van der Waals surface area contributed by atoms with E-state index in [4.69, 9.17) is 5.11 Å². The first kappa shape index (κ1) is 13.5. The Hall–Kier alpha value is -1.58. The second-order valence-electron chi connectivity index (χ2n) is 5.36. The standard InChI is InChI=1S/C13H20N2O2/c1-9(13(2,3)4)15(5)10-6-7-14-11(8-10)12(16)17/h6-9H,1-5H3,(H,16,17). The van der Waals surface area contributed by atoms with Gasteiger partial charge in [-0.1, -0.05) is 20.8 Å². The molecule has 0 spiro atoms. The Morgan fingerprint density at radius 2 is 2.06 bits per heavy atom. The zero-order valence-corrected chi connectivity index (χ0v) is 11.1. The molecular weight excluding hydrogens is 216 g/mol. The fourth-order valence-electron chi connectivity index (χ4n) is 1.56. The van der Waals surface area contributed by atoms with Gasteiger partial charge in [0, 0.05) is 25.0 Å². The number of carbonyl (C=O) groups is 1. The summed E-state index contributed by atoms with van der Waals surface area (Å²) in [5.41, 5.74) is 1.08. The van der Waals surface area contributed by atoms with Gasteiger partial charge < -0.3 is 10.0 Å². The van der Waals surface area contributed by atoms with Gasteiger partial charge in [0.1, 0.15) is 5.69 Å². The van der Waals surface area contributed by atoms with E-state index in [0.717, 1.165) is 5.69 Å². The highest BCUT2D eigenvalue weighted by molar-refractivity contribution is 5.86. The van der Waals surface area contributed by atoms with E-state index in [1.54, 1.807) is 6.07 Å². The normalized spacial score (nSPS) is 13.2. The molecule has 0 aliphatic rings. The van der Waals surface area contributed by atoms with Crippen LogP contribution in [0.1, 0.15) is 38.2 Å². The maximum absolute atomic E-state index is 10.9. The van der Waals surface area contributed by atoms with Crippen molar-refractivity contribution in [1.29, 1.82) is 0 Å². The van der Waals surface area contributed by atoms with Crippen LogP contribution < -0.4 is 4.90 Å². The number of anilines is 1. The number of carboxylic acids is 1. The van der Waals surface area contributed by atoms with Crippen molar-refractivity contribution in [2.45, 2.75) is 33.7 Å². The van der Waals surface area contributed by atoms with E-state index in [9.17, 15) is 4.79 Å². The smallest absolute Gasteiger partial charge is 0.354 e. The zero-order valence-electron chi connectivity index (χ0n) is 11.1. The lowest BCUT2D eigenvalue weighted by Gasteiger charge is -2.36. The Balaban J connectivity index is 3.00. The molecule has 0 aliphatic heterocycles. The Kier molecular flexibility index (Phi) is 3.76. The fraction of sp³-hybridized carbons (Fsp3) is 0.538. The van der Waals surface area contributed by atoms with Crippen molar-refractivity contribution in [2.24, 2.45) is 5.41 Å². The van der Waals surface area contributed by atoms with Crippen LogP contribution in [0.3, 0.4) is 0 Å². The summed E-state index contributed by atoms with van der Waals surface area (Å²) in [5, 5.41) is 8.91. The molecule has 4 nitrogen and oxygen atoms in total. The van der Waals surface area contributed by atoms with Crippen molar-refractivity contribution in [2.75, 3.05) is 11.9 Å². The Morgan fingerprint density at radius 3 is 2.53 bits per heavy atom. The highest BCUT2D eigenvalue weighted by Gasteiger charge is 2.24. The summed E-state index contributed by atoms with van der Waals surface area (Å²) in [6.07, 6.45) is 1.53. The summed E-state index contributed by atoms with van der Waals surface area (Å²) in [5.74, 6) is -0.997. The van der Waals surface area contributed by atoms with Gasteiger partial charge in [-0.25, -0.2) is 9.78 Å². The second kappa shape index (κ2) is 4.73. The van der Waals surface area contributed by atoms with Crippen LogP contribution >= 0.6 is 0 Å². The lowest BCUT2D eigenvalue weighted by Crippen LogP contribution is -2.39. The molecule has 1 heterocycles. The molecule has 0 aromatic carbocycles. The number of carboxylic acid groups (broad SMARTS) is 1. The first-order valence-corrected chi connectivity index (χ1v) is 5.65. The summed E-state index contributed by atoms with van der Waals surface area (Å²) in [4.78, 5) is 16.8. The van der Waals surface area contributed by atoms with Crippen molar-refractivity contribution in [3.8, 4) is 0 Å². The molecule has 17 heavy (non-hydrogen) atoms. The molecule has 0 fully saturated rings. The average Bonchev–Trinajstić information content (AvgIpc) is 2.26. The number of pyridine rings is 1. The average molecular weight is 236 g/mol. The summed E-state index contributed by atoms with van der Waals surface area (Å²) >= 11 is 0. The van der Waals surface area contributed by atoms with E-state index >= 15 is 0 Å². The van der Waals surface area contributed by atoms with Crippen LogP contribution in [-0.2, 0) is 0 Å². The van der Waals surface area contributed by atoms with Gasteiger partial charge in [0.15, 0.2) is 0 Å². The quantitative estimate of drug-likeness (QED) is 0.876. The highest BCUT2D eigenvalue weighted by atomic mass is 16.4. The van der Waals surface area contributed by atoms with Gasteiger partial charge in [0.2, 0.25) is 0 Å². The number of aromatic carboxylic acids is 1. The molecule has 0 bridgehead atoms. The molecular formula is C13H20N2O2. The van der Waals surface area contributed by atoms with Gasteiger partial charge in [-0.2, -0.15) is 0 Å². The molecule has 1 unspecified atom stereocenters. The number of nitrogens with zero attached hydrogens (tertiary/aromatic N) is 2. The Morgan fingerprint density at radius 1 is 1.47 bits per heavy atom. The Bertz CT molecular complexity index is 410. The molecule has 0 radical (unpaired) electrons. The third-order valence-electron chi connectivity index (χ3n) is 3.20. The summed E-state index contributed by atoms with van der Waals surface area (Å²) in [7, 11) is 1.97. The van der Waals surface area contributed by atoms with Crippen molar-refractivity contribution in [3.63, 3.8) is 0 Å². The zero-order chi connectivity index (χ0) is 13.2. The van der Waals surface area contributed by atoms with Crippen molar-refractivity contribution in [3.05, 3.63) is 24.0 Å². The van der Waals surface area contributed by atoms with Gasteiger partial charge in [-0.3, -0.25) is 0 Å². The Labute approximate surface area is 102 Å². The summed E-state index contributed by atoms with van der Waals surface area (Å²) in [6, 6.07) is 3.73. The minimum absolute atomic E-state index is 0.0791. The first-order chi connectivity index (χ1) is 7.73. The topological polar surface area (TPSA) is 53.4 Å². The summed E-state index contributed by atoms with van der Waals surface area (Å²) < 4.78 is 0. The molecule has 1 N–H and O–H groups in total. The lowest BCUT2D eigenvalue weighted by molar-refractivity contribution is 0.0690. The highest BCUT2D eigenvalue weighted by Crippen LogP contribution is 2.27. The van der Waals surface area contributed by atoms with Crippen LogP contribution in [-0.4, -0.2) is 29.1 Å². The van der Waals surface area contributed by atoms with Crippen LogP contribution in [0.2, 0.25) is 0 Å². The lowest BCUT2D eigenvalue weighted by atomic mass is 9.87. The molecule has 1 rings (SSSR count). The monoisotopic (exact) mass is 236 g/mol. The van der Waals surface area contributed by atoms with E-state index in [-0.39, 0.29) is 11.1 Å². The summed E-state index contributed by atoms with van der Waals surface area (Å²) in [6.45, 7) is 8.61. The first-order valence-electron chi connectivity index (χ1n) is 5.65. The molecule has 1 aromatic heterocycles. The largest absolute Gasteiger partial charge is 0.477 e. The van der Waals surface area contributed by atoms with E-state index in [2.05, 4.69) is 37.6 Å². The number of hydrogen-bond acceptors (Lipinski definition) is 3. The SMILES string of the molecule is CC(N(C)c1ccnc(C(=O)O)c1)C(C)(C)C. The van der Waals surface area contributed by atoms with Crippen molar-refractivity contribution in [1.82, 2.24) is 4.98 Å². The molecule has 0 aliphatic carbocycles. The van der Waals surface area contributed by atoms with E-state index in [1.165, 1.54) is 6.20 Å². The number of hydrogen-bond donors (Lipinski definition) is 1. The van der Waals surface area contributed by atoms with E-state index < -0.39 is 5.97 Å². The number of aromatic nitrogens is 1. The van der Waals surface area contributed by atoms with Crippen LogP contribution in [0.15, 0.2) is 18.3 Å².